The van der Waals surface area contributed by atoms with Gasteiger partial charge in [0.05, 0.1) is 28.4 Å². The van der Waals surface area contributed by atoms with E-state index < -0.39 is 33.9 Å². The van der Waals surface area contributed by atoms with Crippen molar-refractivity contribution in [1.29, 1.82) is 0 Å². The fourth-order valence-electron chi connectivity index (χ4n) is 6.46. The first-order valence-electron chi connectivity index (χ1n) is 16.3. The molecule has 1 atom stereocenters. The number of benzene rings is 2. The molecule has 0 bridgehead atoms. The van der Waals surface area contributed by atoms with E-state index >= 15 is 0 Å². The van der Waals surface area contributed by atoms with Gasteiger partial charge in [0.25, 0.3) is 10.0 Å². The molecule has 2 aliphatic rings. The van der Waals surface area contributed by atoms with Crippen LogP contribution in [0.1, 0.15) is 56.1 Å². The lowest BCUT2D eigenvalue weighted by Gasteiger charge is -2.43. The van der Waals surface area contributed by atoms with Gasteiger partial charge in [-0.2, -0.15) is 4.31 Å². The molecule has 1 saturated carbocycles. The zero-order chi connectivity index (χ0) is 36.1. The molecule has 3 aromatic rings. The molecule has 50 heavy (non-hydrogen) atoms. The second-order valence-electron chi connectivity index (χ2n) is 12.3. The minimum atomic E-state index is -4.35. The van der Waals surface area contributed by atoms with Gasteiger partial charge < -0.3 is 29.2 Å². The first-order chi connectivity index (χ1) is 23.9. The summed E-state index contributed by atoms with van der Waals surface area (Å²) < 4.78 is 79.5. The number of rotatable bonds is 13. The Morgan fingerprint density at radius 3 is 2.02 bits per heavy atom. The van der Waals surface area contributed by atoms with Gasteiger partial charge in [0.2, 0.25) is 17.7 Å². The van der Waals surface area contributed by atoms with Crippen LogP contribution in [0.4, 0.5) is 14.5 Å². The van der Waals surface area contributed by atoms with Gasteiger partial charge >= 0.3 is 0 Å². The number of hydrogen-bond donors (Lipinski definition) is 1. The Kier molecular flexibility index (Phi) is 11.5. The van der Waals surface area contributed by atoms with Gasteiger partial charge in [-0.05, 0) is 43.9 Å². The molecular weight excluding hydrogens is 674 g/mol. The second-order valence-corrected chi connectivity index (χ2v) is 14.2. The molecule has 2 aromatic carbocycles. The van der Waals surface area contributed by atoms with Crippen molar-refractivity contribution in [2.24, 2.45) is 0 Å². The Balaban J connectivity index is 1.44. The van der Waals surface area contributed by atoms with E-state index in [2.05, 4.69) is 10.3 Å². The number of likely N-dealkylation sites (tertiary alicyclic amines) is 1. The number of amides is 2. The highest BCUT2D eigenvalue weighted by atomic mass is 32.2. The normalized spacial score (nSPS) is 18.1. The van der Waals surface area contributed by atoms with Crippen molar-refractivity contribution in [1.82, 2.24) is 14.2 Å². The van der Waals surface area contributed by atoms with Gasteiger partial charge in [-0.15, -0.1) is 0 Å². The second kappa shape index (κ2) is 15.6. The molecule has 1 aliphatic heterocycles. The number of carbonyl (C=O) groups is 2. The van der Waals surface area contributed by atoms with Gasteiger partial charge in [0.1, 0.15) is 29.0 Å². The number of methoxy groups -OCH3 is 4. The predicted molar refractivity (Wildman–Crippen MR) is 180 cm³/mol. The smallest absolute Gasteiger partial charge is 0.261 e. The van der Waals surface area contributed by atoms with Crippen molar-refractivity contribution < 1.29 is 45.7 Å². The van der Waals surface area contributed by atoms with Gasteiger partial charge in [0, 0.05) is 79.6 Å². The average Bonchev–Trinajstić information content (AvgIpc) is 3.11. The molecule has 1 N–H and O–H groups in total. The summed E-state index contributed by atoms with van der Waals surface area (Å²) in [5, 5.41) is 2.43. The first kappa shape index (κ1) is 36.8. The number of carbonyl (C=O) groups excluding carboxylic acids is 2. The predicted octanol–water partition coefficient (Wildman–Crippen LogP) is 5.40. The lowest BCUT2D eigenvalue weighted by molar-refractivity contribution is -0.148. The third-order valence-corrected chi connectivity index (χ3v) is 10.9. The quantitative estimate of drug-likeness (QED) is 0.247. The van der Waals surface area contributed by atoms with Crippen LogP contribution >= 0.6 is 0 Å². The van der Waals surface area contributed by atoms with Crippen molar-refractivity contribution in [3.8, 4) is 23.0 Å². The summed E-state index contributed by atoms with van der Waals surface area (Å²) >= 11 is 0. The number of hydrogen-bond acceptors (Lipinski definition) is 9. The standard InChI is InChI=1S/C35H42F2N4O8S/c1-46-27-10-8-23(30(19-27)48-3)21-40(22-24-9-11-28(47-2)20-31(24)49-4)50(44,45)32-18-25(14-17-38-32)39-34(43)29-6-5-7-33(42)41(29)26-12-15-35(36,37)16-13-26/h8-11,14,17-20,26,29H,5-7,12-13,15-16,21-22H2,1-4H3,(H,38,39,43)/t29-/m0/s1. The maximum absolute atomic E-state index is 14.4. The number of alkyl halides is 2. The van der Waals surface area contributed by atoms with Gasteiger partial charge in [-0.25, -0.2) is 22.2 Å². The molecule has 1 aliphatic carbocycles. The summed E-state index contributed by atoms with van der Waals surface area (Å²) in [6.45, 7) is -0.245. The topological polar surface area (TPSA) is 137 Å². The van der Waals surface area contributed by atoms with Crippen LogP contribution in [0.5, 0.6) is 23.0 Å². The van der Waals surface area contributed by atoms with Gasteiger partial charge in [0.15, 0.2) is 5.03 Å². The van der Waals surface area contributed by atoms with Crippen molar-refractivity contribution in [3.63, 3.8) is 0 Å². The Labute approximate surface area is 290 Å². The SMILES string of the molecule is COc1ccc(CN(Cc2ccc(OC)cc2OC)S(=O)(=O)c2cc(NC(=O)[C@@H]3CCCC(=O)N3C3CCC(F)(F)CC3)ccn2)c(OC)c1. The molecule has 0 unspecified atom stereocenters. The van der Waals surface area contributed by atoms with Crippen molar-refractivity contribution >= 4 is 27.5 Å². The highest BCUT2D eigenvalue weighted by Crippen LogP contribution is 2.38. The van der Waals surface area contributed by atoms with Crippen LogP contribution in [0.25, 0.3) is 0 Å². The third kappa shape index (κ3) is 8.27. The molecule has 1 saturated heterocycles. The highest BCUT2D eigenvalue weighted by Gasteiger charge is 2.43. The molecule has 15 heteroatoms. The minimum Gasteiger partial charge on any atom is -0.497 e. The number of sulfonamides is 1. The molecule has 12 nitrogen and oxygen atoms in total. The van der Waals surface area contributed by atoms with Crippen LogP contribution < -0.4 is 24.3 Å². The van der Waals surface area contributed by atoms with E-state index in [1.54, 1.807) is 36.4 Å². The van der Waals surface area contributed by atoms with Crippen molar-refractivity contribution in [3.05, 3.63) is 65.9 Å². The number of ether oxygens (including phenoxy) is 4. The number of anilines is 1. The van der Waals surface area contributed by atoms with E-state index in [1.165, 1.54) is 56.0 Å². The number of nitrogens with one attached hydrogen (secondary N) is 1. The van der Waals surface area contributed by atoms with E-state index in [0.29, 0.717) is 47.0 Å². The molecule has 0 spiro atoms. The molecule has 2 amide bonds. The summed E-state index contributed by atoms with van der Waals surface area (Å²) in [6.07, 6.45) is 1.87. The summed E-state index contributed by atoms with van der Waals surface area (Å²) in [5.41, 5.74) is 1.26. The van der Waals surface area contributed by atoms with Crippen LogP contribution in [0.3, 0.4) is 0 Å². The maximum atomic E-state index is 14.4. The van der Waals surface area contributed by atoms with Crippen LogP contribution in [-0.2, 0) is 32.7 Å². The van der Waals surface area contributed by atoms with E-state index in [1.807, 2.05) is 0 Å². The van der Waals surface area contributed by atoms with E-state index in [9.17, 15) is 26.8 Å². The Bertz CT molecular complexity index is 1740. The molecule has 1 aromatic heterocycles. The van der Waals surface area contributed by atoms with Crippen LogP contribution in [0, 0.1) is 0 Å². The van der Waals surface area contributed by atoms with Crippen molar-refractivity contribution in [2.75, 3.05) is 33.8 Å². The molecular formula is C35H42F2N4O8S. The maximum Gasteiger partial charge on any atom is 0.261 e. The monoisotopic (exact) mass is 716 g/mol. The molecule has 5 rings (SSSR count). The Morgan fingerprint density at radius 2 is 1.48 bits per heavy atom. The van der Waals surface area contributed by atoms with Gasteiger partial charge in [-0.3, -0.25) is 9.59 Å². The number of pyridine rings is 1. The first-order valence-corrected chi connectivity index (χ1v) is 17.7. The summed E-state index contributed by atoms with van der Waals surface area (Å²) in [6, 6.07) is 11.5. The fraction of sp³-hybridized carbons (Fsp3) is 0.457. The lowest BCUT2D eigenvalue weighted by Crippen LogP contribution is -2.55. The average molecular weight is 717 g/mol. The molecule has 2 fully saturated rings. The summed E-state index contributed by atoms with van der Waals surface area (Å²) in [5.74, 6) is -1.67. The summed E-state index contributed by atoms with van der Waals surface area (Å²) in [4.78, 5) is 32.2. The number of halogens is 2. The molecule has 0 radical (unpaired) electrons. The van der Waals surface area contributed by atoms with Crippen LogP contribution in [0.15, 0.2) is 59.8 Å². The lowest BCUT2D eigenvalue weighted by atomic mass is 9.88. The zero-order valence-electron chi connectivity index (χ0n) is 28.5. The number of nitrogens with zero attached hydrogens (tertiary/aromatic N) is 3. The van der Waals surface area contributed by atoms with E-state index in [0.717, 1.165) is 0 Å². The molecule has 270 valence electrons. The summed E-state index contributed by atoms with van der Waals surface area (Å²) in [7, 11) is 1.63. The minimum absolute atomic E-state index is 0.105. The number of piperidine rings is 1. The fourth-order valence-corrected chi connectivity index (χ4v) is 7.82. The van der Waals surface area contributed by atoms with E-state index in [4.69, 9.17) is 18.9 Å². The largest absolute Gasteiger partial charge is 0.497 e. The molecule has 2 heterocycles. The zero-order valence-corrected chi connectivity index (χ0v) is 29.3. The third-order valence-electron chi connectivity index (χ3n) is 9.16. The highest BCUT2D eigenvalue weighted by molar-refractivity contribution is 7.89. The van der Waals surface area contributed by atoms with Crippen molar-refractivity contribution in [2.45, 2.75) is 81.1 Å². The van der Waals surface area contributed by atoms with Crippen LogP contribution in [0.2, 0.25) is 0 Å². The van der Waals surface area contributed by atoms with E-state index in [-0.39, 0.29) is 61.8 Å². The van der Waals surface area contributed by atoms with Crippen LogP contribution in [-0.4, -0.2) is 80.9 Å². The Hall–Kier alpha value is -4.50. The van der Waals surface area contributed by atoms with Gasteiger partial charge in [-0.1, -0.05) is 12.1 Å². The Morgan fingerprint density at radius 1 is 0.900 bits per heavy atom. The number of aromatic nitrogens is 1.